The lowest BCUT2D eigenvalue weighted by Crippen LogP contribution is -2.14. The zero-order chi connectivity index (χ0) is 13.1. The van der Waals surface area contributed by atoms with E-state index in [1.54, 1.807) is 0 Å². The SMILES string of the molecule is CC(C)Cn1c(CO)nnc1CCC(C)(C)C. The molecule has 0 bridgehead atoms. The lowest BCUT2D eigenvalue weighted by atomic mass is 9.90. The fourth-order valence-corrected chi connectivity index (χ4v) is 1.74. The first-order chi connectivity index (χ1) is 7.83. The molecule has 0 saturated heterocycles. The molecule has 0 aliphatic heterocycles. The molecule has 0 aromatic carbocycles. The summed E-state index contributed by atoms with van der Waals surface area (Å²) in [5, 5.41) is 17.5. The molecule has 0 unspecified atom stereocenters. The smallest absolute Gasteiger partial charge is 0.158 e. The lowest BCUT2D eigenvalue weighted by molar-refractivity contribution is 0.261. The van der Waals surface area contributed by atoms with E-state index in [0.29, 0.717) is 17.2 Å². The Hall–Kier alpha value is -0.900. The Labute approximate surface area is 104 Å². The van der Waals surface area contributed by atoms with Crippen LogP contribution in [0.1, 0.15) is 52.7 Å². The molecule has 98 valence electrons. The van der Waals surface area contributed by atoms with Gasteiger partial charge in [0.05, 0.1) is 0 Å². The summed E-state index contributed by atoms with van der Waals surface area (Å²) in [6, 6.07) is 0. The second-order valence-corrected chi connectivity index (χ2v) is 6.26. The monoisotopic (exact) mass is 239 g/mol. The molecule has 1 aromatic rings. The summed E-state index contributed by atoms with van der Waals surface area (Å²) in [4.78, 5) is 0. The molecule has 0 aliphatic carbocycles. The number of aliphatic hydroxyl groups is 1. The van der Waals surface area contributed by atoms with Crippen molar-refractivity contribution < 1.29 is 5.11 Å². The van der Waals surface area contributed by atoms with Crippen molar-refractivity contribution in [1.29, 1.82) is 0 Å². The standard InChI is InChI=1S/C13H25N3O/c1-10(2)8-16-11(6-7-13(3,4)5)14-15-12(16)9-17/h10,17H,6-9H2,1-5H3. The van der Waals surface area contributed by atoms with Gasteiger partial charge in [-0.15, -0.1) is 10.2 Å². The quantitative estimate of drug-likeness (QED) is 0.858. The van der Waals surface area contributed by atoms with Gasteiger partial charge in [-0.2, -0.15) is 0 Å². The maximum atomic E-state index is 9.25. The molecule has 0 fully saturated rings. The Balaban J connectivity index is 2.80. The molecule has 0 amide bonds. The van der Waals surface area contributed by atoms with Crippen LogP contribution in [-0.4, -0.2) is 19.9 Å². The van der Waals surface area contributed by atoms with E-state index in [4.69, 9.17) is 0 Å². The highest BCUT2D eigenvalue weighted by molar-refractivity contribution is 4.96. The normalized spacial score (nSPS) is 12.4. The molecular formula is C13H25N3O. The van der Waals surface area contributed by atoms with Gasteiger partial charge in [0, 0.05) is 13.0 Å². The lowest BCUT2D eigenvalue weighted by Gasteiger charge is -2.18. The summed E-state index contributed by atoms with van der Waals surface area (Å²) in [6.45, 7) is 11.8. The fourth-order valence-electron chi connectivity index (χ4n) is 1.74. The number of aliphatic hydroxyl groups excluding tert-OH is 1. The van der Waals surface area contributed by atoms with Crippen molar-refractivity contribution in [3.05, 3.63) is 11.6 Å². The molecule has 1 aromatic heterocycles. The van der Waals surface area contributed by atoms with Crippen LogP contribution < -0.4 is 0 Å². The molecule has 0 saturated carbocycles. The second-order valence-electron chi connectivity index (χ2n) is 6.26. The van der Waals surface area contributed by atoms with Crippen molar-refractivity contribution >= 4 is 0 Å². The molecule has 0 aliphatic rings. The Morgan fingerprint density at radius 3 is 2.24 bits per heavy atom. The summed E-state index contributed by atoms with van der Waals surface area (Å²) in [5.74, 6) is 2.21. The van der Waals surface area contributed by atoms with Crippen LogP contribution in [0.15, 0.2) is 0 Å². The molecule has 4 nitrogen and oxygen atoms in total. The number of nitrogens with zero attached hydrogens (tertiary/aromatic N) is 3. The van der Waals surface area contributed by atoms with Crippen molar-refractivity contribution in [2.75, 3.05) is 0 Å². The predicted molar refractivity (Wildman–Crippen MR) is 68.6 cm³/mol. The molecule has 0 radical (unpaired) electrons. The molecule has 0 atom stereocenters. The summed E-state index contributed by atoms with van der Waals surface area (Å²) in [6.07, 6.45) is 2.00. The van der Waals surface area contributed by atoms with Crippen LogP contribution in [0, 0.1) is 11.3 Å². The second kappa shape index (κ2) is 5.63. The van der Waals surface area contributed by atoms with E-state index in [1.807, 2.05) is 0 Å². The van der Waals surface area contributed by atoms with E-state index in [0.717, 1.165) is 25.2 Å². The Morgan fingerprint density at radius 2 is 1.76 bits per heavy atom. The number of hydrogen-bond donors (Lipinski definition) is 1. The van der Waals surface area contributed by atoms with E-state index in [2.05, 4.69) is 49.4 Å². The summed E-state index contributed by atoms with van der Waals surface area (Å²) in [5.41, 5.74) is 0.300. The zero-order valence-corrected chi connectivity index (χ0v) is 11.7. The first-order valence-electron chi connectivity index (χ1n) is 6.35. The van der Waals surface area contributed by atoms with Crippen LogP contribution in [0.5, 0.6) is 0 Å². The minimum absolute atomic E-state index is 0.0325. The van der Waals surface area contributed by atoms with Crippen LogP contribution in [0.25, 0.3) is 0 Å². The van der Waals surface area contributed by atoms with E-state index in [9.17, 15) is 5.11 Å². The fraction of sp³-hybridized carbons (Fsp3) is 0.846. The van der Waals surface area contributed by atoms with Crippen LogP contribution in [0.4, 0.5) is 0 Å². The maximum absolute atomic E-state index is 9.25. The highest BCUT2D eigenvalue weighted by Crippen LogP contribution is 2.21. The molecule has 4 heteroatoms. The minimum atomic E-state index is -0.0325. The van der Waals surface area contributed by atoms with Crippen LogP contribution >= 0.6 is 0 Å². The third-order valence-corrected chi connectivity index (χ3v) is 2.69. The van der Waals surface area contributed by atoms with Crippen LogP contribution in [-0.2, 0) is 19.6 Å². The number of rotatable bonds is 5. The van der Waals surface area contributed by atoms with Gasteiger partial charge in [-0.25, -0.2) is 0 Å². The number of aromatic nitrogens is 3. The maximum Gasteiger partial charge on any atom is 0.158 e. The highest BCUT2D eigenvalue weighted by atomic mass is 16.3. The van der Waals surface area contributed by atoms with E-state index >= 15 is 0 Å². The summed E-state index contributed by atoms with van der Waals surface area (Å²) >= 11 is 0. The van der Waals surface area contributed by atoms with Gasteiger partial charge in [0.25, 0.3) is 0 Å². The third kappa shape index (κ3) is 4.46. The molecule has 1 heterocycles. The largest absolute Gasteiger partial charge is 0.388 e. The van der Waals surface area contributed by atoms with Gasteiger partial charge in [0.2, 0.25) is 0 Å². The zero-order valence-electron chi connectivity index (χ0n) is 11.7. The van der Waals surface area contributed by atoms with Gasteiger partial charge in [-0.3, -0.25) is 0 Å². The van der Waals surface area contributed by atoms with Crippen molar-refractivity contribution in [3.8, 4) is 0 Å². The number of aryl methyl sites for hydroxylation is 1. The van der Waals surface area contributed by atoms with Gasteiger partial charge < -0.3 is 9.67 Å². The Kier molecular flexibility index (Phi) is 4.69. The minimum Gasteiger partial charge on any atom is -0.388 e. The van der Waals surface area contributed by atoms with Gasteiger partial charge in [-0.05, 0) is 17.8 Å². The van der Waals surface area contributed by atoms with Crippen molar-refractivity contribution in [2.24, 2.45) is 11.3 Å². The van der Waals surface area contributed by atoms with Crippen molar-refractivity contribution in [2.45, 2.75) is 60.6 Å². The van der Waals surface area contributed by atoms with Crippen molar-refractivity contribution in [1.82, 2.24) is 14.8 Å². The topological polar surface area (TPSA) is 50.9 Å². The molecule has 0 spiro atoms. The van der Waals surface area contributed by atoms with Gasteiger partial charge in [-0.1, -0.05) is 34.6 Å². The average molecular weight is 239 g/mol. The Morgan fingerprint density at radius 1 is 1.18 bits per heavy atom. The van der Waals surface area contributed by atoms with E-state index < -0.39 is 0 Å². The van der Waals surface area contributed by atoms with E-state index in [-0.39, 0.29) is 6.61 Å². The van der Waals surface area contributed by atoms with E-state index in [1.165, 1.54) is 0 Å². The molecule has 17 heavy (non-hydrogen) atoms. The summed E-state index contributed by atoms with van der Waals surface area (Å²) < 4.78 is 2.07. The average Bonchev–Trinajstić information content (AvgIpc) is 2.55. The third-order valence-electron chi connectivity index (χ3n) is 2.69. The van der Waals surface area contributed by atoms with Gasteiger partial charge in [0.15, 0.2) is 5.82 Å². The molecular weight excluding hydrogens is 214 g/mol. The number of hydrogen-bond acceptors (Lipinski definition) is 3. The Bertz CT molecular complexity index is 350. The molecule has 1 rings (SSSR count). The first kappa shape index (κ1) is 14.2. The molecule has 1 N–H and O–H groups in total. The van der Waals surface area contributed by atoms with Gasteiger partial charge >= 0.3 is 0 Å². The van der Waals surface area contributed by atoms with Crippen LogP contribution in [0.3, 0.4) is 0 Å². The highest BCUT2D eigenvalue weighted by Gasteiger charge is 2.16. The predicted octanol–water partition coefficient (Wildman–Crippen LogP) is 2.41. The summed E-state index contributed by atoms with van der Waals surface area (Å²) in [7, 11) is 0. The first-order valence-corrected chi connectivity index (χ1v) is 6.35. The van der Waals surface area contributed by atoms with Gasteiger partial charge in [0.1, 0.15) is 12.4 Å². The van der Waals surface area contributed by atoms with Crippen LogP contribution in [0.2, 0.25) is 0 Å². The van der Waals surface area contributed by atoms with Crippen molar-refractivity contribution in [3.63, 3.8) is 0 Å².